The van der Waals surface area contributed by atoms with Crippen LogP contribution in [0.2, 0.25) is 0 Å². The van der Waals surface area contributed by atoms with E-state index in [0.717, 1.165) is 3.79 Å². The number of hydrogen-bond donors (Lipinski definition) is 0. The second-order valence-corrected chi connectivity index (χ2v) is 4.20. The summed E-state index contributed by atoms with van der Waals surface area (Å²) >= 11 is 4.78. The first kappa shape index (κ1) is 8.90. The van der Waals surface area contributed by atoms with Gasteiger partial charge in [-0.1, -0.05) is 0 Å². The van der Waals surface area contributed by atoms with Crippen LogP contribution < -0.4 is 0 Å². The van der Waals surface area contributed by atoms with Gasteiger partial charge in [0, 0.05) is 12.7 Å². The Hall–Kier alpha value is -0.190. The lowest BCUT2D eigenvalue weighted by atomic mass is 10.2. The number of rotatable bonds is 3. The predicted molar refractivity (Wildman–Crippen MR) is 48.2 cm³/mol. The number of halogens is 1. The summed E-state index contributed by atoms with van der Waals surface area (Å²) in [6.07, 6.45) is 0. The molecule has 1 aromatic rings. The van der Waals surface area contributed by atoms with Crippen LogP contribution >= 0.6 is 27.3 Å². The third-order valence-corrected chi connectivity index (χ3v) is 2.88. The van der Waals surface area contributed by atoms with Crippen molar-refractivity contribution in [3.05, 3.63) is 20.8 Å². The van der Waals surface area contributed by atoms with E-state index in [-0.39, 0.29) is 12.4 Å². The van der Waals surface area contributed by atoms with Crippen molar-refractivity contribution in [1.29, 1.82) is 0 Å². The maximum atomic E-state index is 11.2. The Morgan fingerprint density at radius 1 is 1.82 bits per heavy atom. The van der Waals surface area contributed by atoms with Gasteiger partial charge in [0.15, 0.2) is 5.78 Å². The molecule has 2 nitrogen and oxygen atoms in total. The Morgan fingerprint density at radius 2 is 2.55 bits per heavy atom. The fourth-order valence-corrected chi connectivity index (χ4v) is 2.01. The van der Waals surface area contributed by atoms with Gasteiger partial charge < -0.3 is 4.74 Å². The summed E-state index contributed by atoms with van der Waals surface area (Å²) in [5.74, 6) is 0.0145. The summed E-state index contributed by atoms with van der Waals surface area (Å²) in [4.78, 5) is 11.2. The number of ketones is 1. The summed E-state index contributed by atoms with van der Waals surface area (Å²) in [6, 6.07) is 1.79. The highest BCUT2D eigenvalue weighted by Gasteiger charge is 2.09. The Balaban J connectivity index is 2.76. The van der Waals surface area contributed by atoms with Gasteiger partial charge in [0.25, 0.3) is 0 Å². The van der Waals surface area contributed by atoms with Gasteiger partial charge in [-0.15, -0.1) is 11.3 Å². The second kappa shape index (κ2) is 3.99. The summed E-state index contributed by atoms with van der Waals surface area (Å²) < 4.78 is 5.59. The van der Waals surface area contributed by atoms with E-state index in [0.29, 0.717) is 5.56 Å². The average Bonchev–Trinajstić information content (AvgIpc) is 2.36. The summed E-state index contributed by atoms with van der Waals surface area (Å²) in [7, 11) is 1.51. The van der Waals surface area contributed by atoms with Crippen LogP contribution in [0.1, 0.15) is 10.4 Å². The molecule has 0 amide bonds. The number of Topliss-reactive ketones (excluding diaryl/α,β-unsaturated/α-hetero) is 1. The van der Waals surface area contributed by atoms with Crippen molar-refractivity contribution in [1.82, 2.24) is 0 Å². The number of carbonyl (C=O) groups excluding carboxylic acids is 1. The quantitative estimate of drug-likeness (QED) is 0.751. The van der Waals surface area contributed by atoms with Crippen LogP contribution in [-0.2, 0) is 4.74 Å². The molecule has 60 valence electrons. The van der Waals surface area contributed by atoms with E-state index < -0.39 is 0 Å². The van der Waals surface area contributed by atoms with Crippen molar-refractivity contribution in [2.45, 2.75) is 0 Å². The molecule has 0 bridgehead atoms. The highest BCUT2D eigenvalue weighted by molar-refractivity contribution is 9.11. The molecular weight excluding hydrogens is 228 g/mol. The molecule has 0 N–H and O–H groups in total. The van der Waals surface area contributed by atoms with Crippen molar-refractivity contribution < 1.29 is 9.53 Å². The zero-order chi connectivity index (χ0) is 8.27. The Labute approximate surface area is 77.3 Å². The molecule has 0 aliphatic carbocycles. The maximum absolute atomic E-state index is 11.2. The third-order valence-electron chi connectivity index (χ3n) is 1.19. The largest absolute Gasteiger partial charge is 0.377 e. The van der Waals surface area contributed by atoms with Crippen LogP contribution in [0.25, 0.3) is 0 Å². The van der Waals surface area contributed by atoms with Crippen LogP contribution in [0, 0.1) is 0 Å². The summed E-state index contributed by atoms with van der Waals surface area (Å²) in [5.41, 5.74) is 0.705. The Morgan fingerprint density at radius 3 is 3.00 bits per heavy atom. The third kappa shape index (κ3) is 2.12. The molecule has 0 aliphatic heterocycles. The Kier molecular flexibility index (Phi) is 3.23. The topological polar surface area (TPSA) is 26.3 Å². The molecular formula is C7H7BrO2S. The average molecular weight is 235 g/mol. The van der Waals surface area contributed by atoms with Crippen molar-refractivity contribution in [2.75, 3.05) is 13.7 Å². The van der Waals surface area contributed by atoms with E-state index in [1.54, 1.807) is 6.07 Å². The van der Waals surface area contributed by atoms with Crippen molar-refractivity contribution >= 4 is 33.0 Å². The molecule has 0 saturated carbocycles. The summed E-state index contributed by atoms with van der Waals surface area (Å²) in [5, 5.41) is 1.87. The van der Waals surface area contributed by atoms with E-state index in [1.807, 2.05) is 5.38 Å². The van der Waals surface area contributed by atoms with Crippen LogP contribution in [0.3, 0.4) is 0 Å². The first-order valence-corrected chi connectivity index (χ1v) is 4.68. The van der Waals surface area contributed by atoms with Gasteiger partial charge in [-0.25, -0.2) is 0 Å². The molecule has 0 spiro atoms. The van der Waals surface area contributed by atoms with Crippen molar-refractivity contribution in [2.24, 2.45) is 0 Å². The van der Waals surface area contributed by atoms with Gasteiger partial charge in [-0.2, -0.15) is 0 Å². The van der Waals surface area contributed by atoms with Crippen molar-refractivity contribution in [3.63, 3.8) is 0 Å². The van der Waals surface area contributed by atoms with E-state index in [4.69, 9.17) is 4.74 Å². The predicted octanol–water partition coefficient (Wildman–Crippen LogP) is 2.34. The fraction of sp³-hybridized carbons (Fsp3) is 0.286. The molecule has 1 heterocycles. The van der Waals surface area contributed by atoms with Crippen LogP contribution in [0.4, 0.5) is 0 Å². The summed E-state index contributed by atoms with van der Waals surface area (Å²) in [6.45, 7) is 0.148. The smallest absolute Gasteiger partial charge is 0.190 e. The van der Waals surface area contributed by atoms with Crippen LogP contribution in [-0.4, -0.2) is 19.5 Å². The second-order valence-electron chi connectivity index (χ2n) is 1.96. The molecule has 0 radical (unpaired) electrons. The molecule has 0 aliphatic rings. The van der Waals surface area contributed by atoms with Gasteiger partial charge in [0.05, 0.1) is 3.79 Å². The van der Waals surface area contributed by atoms with E-state index in [1.165, 1.54) is 18.4 Å². The molecule has 1 aromatic heterocycles. The minimum absolute atomic E-state index is 0.0145. The van der Waals surface area contributed by atoms with Crippen LogP contribution in [0.15, 0.2) is 15.2 Å². The van der Waals surface area contributed by atoms with Gasteiger partial charge >= 0.3 is 0 Å². The molecule has 1 rings (SSSR count). The van der Waals surface area contributed by atoms with Gasteiger partial charge in [0.2, 0.25) is 0 Å². The maximum Gasteiger partial charge on any atom is 0.190 e. The lowest BCUT2D eigenvalue weighted by Crippen LogP contribution is -2.05. The number of ether oxygens (including phenoxy) is 1. The van der Waals surface area contributed by atoms with Gasteiger partial charge in [-0.3, -0.25) is 4.79 Å². The van der Waals surface area contributed by atoms with E-state index in [2.05, 4.69) is 15.9 Å². The lowest BCUT2D eigenvalue weighted by Gasteiger charge is -1.95. The number of hydrogen-bond acceptors (Lipinski definition) is 3. The number of carbonyl (C=O) groups is 1. The monoisotopic (exact) mass is 234 g/mol. The normalized spacial score (nSPS) is 10.0. The minimum atomic E-state index is 0.0145. The first-order valence-electron chi connectivity index (χ1n) is 3.01. The first-order chi connectivity index (χ1) is 5.25. The standard InChI is InChI=1S/C7H7BrO2S/c1-10-4-6(9)5-2-3-11-7(5)8/h2-3H,4H2,1H3. The number of methoxy groups -OCH3 is 1. The number of thiophene rings is 1. The fourth-order valence-electron chi connectivity index (χ4n) is 0.702. The molecule has 0 unspecified atom stereocenters. The molecule has 0 fully saturated rings. The molecule has 11 heavy (non-hydrogen) atoms. The SMILES string of the molecule is COCC(=O)c1ccsc1Br. The highest BCUT2D eigenvalue weighted by atomic mass is 79.9. The van der Waals surface area contributed by atoms with E-state index >= 15 is 0 Å². The van der Waals surface area contributed by atoms with E-state index in [9.17, 15) is 4.79 Å². The Bertz CT molecular complexity index is 257. The lowest BCUT2D eigenvalue weighted by molar-refractivity contribution is 0.0848. The zero-order valence-corrected chi connectivity index (χ0v) is 8.37. The van der Waals surface area contributed by atoms with Crippen LogP contribution in [0.5, 0.6) is 0 Å². The molecule has 0 saturated heterocycles. The van der Waals surface area contributed by atoms with Gasteiger partial charge in [0.1, 0.15) is 6.61 Å². The minimum Gasteiger partial charge on any atom is -0.377 e. The highest BCUT2D eigenvalue weighted by Crippen LogP contribution is 2.23. The van der Waals surface area contributed by atoms with Crippen molar-refractivity contribution in [3.8, 4) is 0 Å². The molecule has 0 atom stereocenters. The molecule has 4 heteroatoms. The molecule has 0 aromatic carbocycles. The van der Waals surface area contributed by atoms with Gasteiger partial charge in [-0.05, 0) is 27.4 Å². The zero-order valence-electron chi connectivity index (χ0n) is 5.96.